The lowest BCUT2D eigenvalue weighted by Gasteiger charge is -2.10. The van der Waals surface area contributed by atoms with Crippen molar-refractivity contribution in [3.8, 4) is 0 Å². The lowest BCUT2D eigenvalue weighted by Crippen LogP contribution is -1.95. The van der Waals surface area contributed by atoms with E-state index in [9.17, 15) is 10.2 Å². The molecule has 24 heavy (non-hydrogen) atoms. The van der Waals surface area contributed by atoms with Crippen LogP contribution in [0.25, 0.3) is 0 Å². The Morgan fingerprint density at radius 2 is 0.917 bits per heavy atom. The maximum Gasteiger partial charge on any atom is 0.123 e. The molecule has 2 nitrogen and oxygen atoms in total. The van der Waals surface area contributed by atoms with E-state index >= 15 is 0 Å². The van der Waals surface area contributed by atoms with Crippen molar-refractivity contribution in [3.63, 3.8) is 0 Å². The van der Waals surface area contributed by atoms with E-state index in [1.165, 1.54) is 11.1 Å². The van der Waals surface area contributed by atoms with Crippen LogP contribution in [0.4, 0.5) is 0 Å². The minimum atomic E-state index is 0.361. The molecule has 0 fully saturated rings. The molecule has 4 aliphatic carbocycles. The van der Waals surface area contributed by atoms with Gasteiger partial charge in [0, 0.05) is 11.1 Å². The van der Waals surface area contributed by atoms with Gasteiger partial charge in [0.1, 0.15) is 11.5 Å². The average molecular weight is 316 g/mol. The van der Waals surface area contributed by atoms with Crippen LogP contribution in [0.1, 0.15) is 12.8 Å². The van der Waals surface area contributed by atoms with E-state index in [2.05, 4.69) is 12.2 Å². The van der Waals surface area contributed by atoms with E-state index in [4.69, 9.17) is 0 Å². The van der Waals surface area contributed by atoms with Crippen molar-refractivity contribution < 1.29 is 10.2 Å². The highest BCUT2D eigenvalue weighted by molar-refractivity contribution is 5.53. The van der Waals surface area contributed by atoms with Gasteiger partial charge in [0.25, 0.3) is 0 Å². The van der Waals surface area contributed by atoms with Crippen LogP contribution in [0, 0.1) is 0 Å². The summed E-state index contributed by atoms with van der Waals surface area (Å²) >= 11 is 0. The molecule has 0 radical (unpaired) electrons. The molecule has 0 aliphatic heterocycles. The first-order valence-corrected chi connectivity index (χ1v) is 8.04. The van der Waals surface area contributed by atoms with Crippen LogP contribution >= 0.6 is 0 Å². The predicted octanol–water partition coefficient (Wildman–Crippen LogP) is 5.62. The third-order valence-electron chi connectivity index (χ3n) is 4.04. The van der Waals surface area contributed by atoms with Crippen LogP contribution in [0.5, 0.6) is 0 Å². The summed E-state index contributed by atoms with van der Waals surface area (Å²) in [5.74, 6) is 0.721. The summed E-state index contributed by atoms with van der Waals surface area (Å²) in [6, 6.07) is 0. The maximum absolute atomic E-state index is 9.55. The zero-order valence-electron chi connectivity index (χ0n) is 13.4. The van der Waals surface area contributed by atoms with Crippen LogP contribution in [0.2, 0.25) is 0 Å². The molecule has 0 unspecified atom stereocenters. The van der Waals surface area contributed by atoms with Crippen LogP contribution in [-0.2, 0) is 0 Å². The van der Waals surface area contributed by atoms with Crippen molar-refractivity contribution in [2.24, 2.45) is 0 Å². The summed E-state index contributed by atoms with van der Waals surface area (Å²) in [7, 11) is 0. The van der Waals surface area contributed by atoms with Crippen molar-refractivity contribution in [1.82, 2.24) is 0 Å². The van der Waals surface area contributed by atoms with Gasteiger partial charge in [-0.25, -0.2) is 0 Å². The van der Waals surface area contributed by atoms with Crippen molar-refractivity contribution >= 4 is 0 Å². The standard InChI is InChI=1S/2C11H10O/c2*12-11-8-4-2-6-9-5-1-3-7-10(9)11/h2*1-4,6-8,12H,5H2. The minimum Gasteiger partial charge on any atom is -0.507 e. The fraction of sp³-hybridized carbons (Fsp3) is 0.0909. The molecule has 0 aromatic carbocycles. The first-order chi connectivity index (χ1) is 11.8. The quantitative estimate of drug-likeness (QED) is 0.609. The molecule has 2 heteroatoms. The summed E-state index contributed by atoms with van der Waals surface area (Å²) in [6.45, 7) is 0. The molecule has 0 bridgehead atoms. The summed E-state index contributed by atoms with van der Waals surface area (Å²) in [5, 5.41) is 19.1. The zero-order valence-corrected chi connectivity index (χ0v) is 13.4. The lowest BCUT2D eigenvalue weighted by molar-refractivity contribution is 0.424. The van der Waals surface area contributed by atoms with Gasteiger partial charge in [-0.15, -0.1) is 0 Å². The van der Waals surface area contributed by atoms with Gasteiger partial charge in [0.15, 0.2) is 0 Å². The highest BCUT2D eigenvalue weighted by Gasteiger charge is 2.11. The molecule has 0 spiro atoms. The van der Waals surface area contributed by atoms with Crippen molar-refractivity contribution in [3.05, 3.63) is 119 Å². The van der Waals surface area contributed by atoms with Crippen LogP contribution < -0.4 is 0 Å². The molecular weight excluding hydrogens is 296 g/mol. The molecule has 0 aromatic rings. The van der Waals surface area contributed by atoms with E-state index < -0.39 is 0 Å². The average Bonchev–Trinajstić information content (AvgIpc) is 2.93. The number of aliphatic hydroxyl groups excluding tert-OH is 2. The molecule has 0 amide bonds. The molecule has 0 heterocycles. The molecule has 4 rings (SSSR count). The van der Waals surface area contributed by atoms with E-state index in [1.54, 1.807) is 12.2 Å². The van der Waals surface area contributed by atoms with Crippen molar-refractivity contribution in [2.75, 3.05) is 0 Å². The highest BCUT2D eigenvalue weighted by Crippen LogP contribution is 2.27. The van der Waals surface area contributed by atoms with Gasteiger partial charge in [-0.3, -0.25) is 0 Å². The fourth-order valence-electron chi connectivity index (χ4n) is 2.78. The monoisotopic (exact) mass is 316 g/mol. The van der Waals surface area contributed by atoms with Gasteiger partial charge in [-0.2, -0.15) is 0 Å². The first-order valence-electron chi connectivity index (χ1n) is 8.04. The third kappa shape index (κ3) is 3.66. The fourth-order valence-corrected chi connectivity index (χ4v) is 2.78. The maximum atomic E-state index is 9.55. The molecule has 4 aliphatic rings. The Morgan fingerprint density at radius 3 is 1.38 bits per heavy atom. The van der Waals surface area contributed by atoms with Gasteiger partial charge in [0.05, 0.1) is 0 Å². The molecule has 0 aromatic heterocycles. The van der Waals surface area contributed by atoms with Crippen LogP contribution in [-0.4, -0.2) is 10.2 Å². The smallest absolute Gasteiger partial charge is 0.123 e. The van der Waals surface area contributed by atoms with E-state index in [0.717, 1.165) is 24.0 Å². The summed E-state index contributed by atoms with van der Waals surface area (Å²) in [4.78, 5) is 0. The number of hydrogen-bond donors (Lipinski definition) is 2. The largest absolute Gasteiger partial charge is 0.507 e. The van der Waals surface area contributed by atoms with Gasteiger partial charge < -0.3 is 10.2 Å². The van der Waals surface area contributed by atoms with Crippen molar-refractivity contribution in [1.29, 1.82) is 0 Å². The molecule has 0 saturated carbocycles. The van der Waals surface area contributed by atoms with Crippen LogP contribution in [0.3, 0.4) is 0 Å². The Hall–Kier alpha value is -3.00. The van der Waals surface area contributed by atoms with Gasteiger partial charge in [-0.1, -0.05) is 72.9 Å². The number of aliphatic hydroxyl groups is 2. The van der Waals surface area contributed by atoms with Gasteiger partial charge >= 0.3 is 0 Å². The molecule has 120 valence electrons. The van der Waals surface area contributed by atoms with E-state index in [0.29, 0.717) is 11.5 Å². The Morgan fingerprint density at radius 1 is 0.500 bits per heavy atom. The summed E-state index contributed by atoms with van der Waals surface area (Å²) < 4.78 is 0. The number of allylic oxidation sites excluding steroid dienone is 16. The molecule has 2 N–H and O–H groups in total. The topological polar surface area (TPSA) is 40.5 Å². The van der Waals surface area contributed by atoms with Gasteiger partial charge in [-0.05, 0) is 36.1 Å². The summed E-state index contributed by atoms with van der Waals surface area (Å²) in [5.41, 5.74) is 4.25. The molecular formula is C22H20O2. The van der Waals surface area contributed by atoms with E-state index in [1.807, 2.05) is 60.8 Å². The first kappa shape index (κ1) is 15.9. The Balaban J connectivity index is 0.000000141. The van der Waals surface area contributed by atoms with E-state index in [-0.39, 0.29) is 0 Å². The lowest BCUT2D eigenvalue weighted by atomic mass is 9.97. The Labute approximate surface area is 142 Å². The number of rotatable bonds is 0. The summed E-state index contributed by atoms with van der Waals surface area (Å²) in [6.07, 6.45) is 28.9. The Kier molecular flexibility index (Phi) is 4.97. The second-order valence-corrected chi connectivity index (χ2v) is 5.68. The predicted molar refractivity (Wildman–Crippen MR) is 99.5 cm³/mol. The zero-order chi connectivity index (χ0) is 16.8. The SMILES string of the molecule is OC1=CC=CC=C2CC=CC=C12.OC1=CC=CC=C2CC=CC=C12. The molecule has 0 saturated heterocycles. The molecule has 0 atom stereocenters. The highest BCUT2D eigenvalue weighted by atomic mass is 16.3. The van der Waals surface area contributed by atoms with Gasteiger partial charge in [0.2, 0.25) is 0 Å². The number of fused-ring (bicyclic) bond motifs is 2. The second-order valence-electron chi connectivity index (χ2n) is 5.68. The second kappa shape index (κ2) is 7.51. The Bertz CT molecular complexity index is 746. The third-order valence-corrected chi connectivity index (χ3v) is 4.04. The van der Waals surface area contributed by atoms with Crippen molar-refractivity contribution in [2.45, 2.75) is 12.8 Å². The normalized spacial score (nSPS) is 20.5. The number of hydrogen-bond acceptors (Lipinski definition) is 2. The van der Waals surface area contributed by atoms with Crippen LogP contribution in [0.15, 0.2) is 119 Å². The minimum absolute atomic E-state index is 0.361.